The molecule has 0 atom stereocenters. The van der Waals surface area contributed by atoms with Crippen molar-refractivity contribution in [3.8, 4) is 17.3 Å². The van der Waals surface area contributed by atoms with Gasteiger partial charge in [-0.25, -0.2) is 9.78 Å². The standard InChI is InChI=1S/C28H24ClN5O2/c1-2-33-15-19(27-23(17-33)25(28(35)36)22-6-3-4-7-24(22)31-27)14-20-16-34(13-5-12-30)32-26(20)18-8-10-21(29)11-9-18/h3-4,6-11,14,16H,2,5,13,15,17H2,1H3,(H,35,36)/b19-14-. The maximum atomic E-state index is 12.4. The van der Waals surface area contributed by atoms with E-state index in [1.807, 2.05) is 60.8 Å². The number of carboxylic acids is 1. The van der Waals surface area contributed by atoms with Gasteiger partial charge in [0.15, 0.2) is 0 Å². The van der Waals surface area contributed by atoms with Crippen LogP contribution >= 0.6 is 11.6 Å². The van der Waals surface area contributed by atoms with E-state index in [9.17, 15) is 9.90 Å². The second kappa shape index (κ2) is 9.94. The summed E-state index contributed by atoms with van der Waals surface area (Å²) in [6, 6.07) is 17.0. The summed E-state index contributed by atoms with van der Waals surface area (Å²) in [7, 11) is 0. The molecule has 1 N–H and O–H groups in total. The quantitative estimate of drug-likeness (QED) is 0.365. The first kappa shape index (κ1) is 23.7. The number of carboxylic acid groups (broad SMARTS) is 1. The number of fused-ring (bicyclic) bond motifs is 2. The number of halogens is 1. The molecular formula is C28H24ClN5O2. The molecule has 36 heavy (non-hydrogen) atoms. The first-order valence-corrected chi connectivity index (χ1v) is 12.1. The van der Waals surface area contributed by atoms with Crippen molar-refractivity contribution in [1.29, 1.82) is 5.26 Å². The van der Waals surface area contributed by atoms with E-state index in [1.54, 1.807) is 4.68 Å². The Bertz CT molecular complexity index is 1530. The lowest BCUT2D eigenvalue weighted by molar-refractivity contribution is 0.0696. The average molecular weight is 498 g/mol. The summed E-state index contributed by atoms with van der Waals surface area (Å²) in [5.41, 5.74) is 5.89. The number of hydrogen-bond donors (Lipinski definition) is 1. The van der Waals surface area contributed by atoms with E-state index >= 15 is 0 Å². The van der Waals surface area contributed by atoms with Crippen molar-refractivity contribution in [2.24, 2.45) is 0 Å². The highest BCUT2D eigenvalue weighted by Gasteiger charge is 2.28. The third-order valence-electron chi connectivity index (χ3n) is 6.42. The van der Waals surface area contributed by atoms with Crippen LogP contribution in [0.1, 0.15) is 40.5 Å². The zero-order valence-electron chi connectivity index (χ0n) is 19.8. The lowest BCUT2D eigenvalue weighted by Gasteiger charge is -2.30. The molecule has 7 nitrogen and oxygen atoms in total. The summed E-state index contributed by atoms with van der Waals surface area (Å²) in [6.45, 7) is 4.47. The van der Waals surface area contributed by atoms with Gasteiger partial charge in [0.05, 0.1) is 41.5 Å². The molecule has 4 aromatic rings. The number of rotatable bonds is 6. The topological polar surface area (TPSA) is 95.0 Å². The largest absolute Gasteiger partial charge is 0.478 e. The van der Waals surface area contributed by atoms with E-state index < -0.39 is 5.97 Å². The molecule has 0 fully saturated rings. The molecule has 0 spiro atoms. The Kier molecular flexibility index (Phi) is 6.55. The van der Waals surface area contributed by atoms with Crippen LogP contribution in [0.4, 0.5) is 0 Å². The summed E-state index contributed by atoms with van der Waals surface area (Å²) in [4.78, 5) is 19.5. The monoisotopic (exact) mass is 497 g/mol. The second-order valence-corrected chi connectivity index (χ2v) is 9.16. The number of carbonyl (C=O) groups is 1. The van der Waals surface area contributed by atoms with Crippen molar-refractivity contribution in [2.75, 3.05) is 13.1 Å². The van der Waals surface area contributed by atoms with Crippen molar-refractivity contribution in [3.63, 3.8) is 0 Å². The number of aromatic nitrogens is 3. The van der Waals surface area contributed by atoms with E-state index in [0.29, 0.717) is 53.2 Å². The minimum absolute atomic E-state index is 0.308. The fraction of sp³-hybridized carbons (Fsp3) is 0.214. The summed E-state index contributed by atoms with van der Waals surface area (Å²) < 4.78 is 1.78. The second-order valence-electron chi connectivity index (χ2n) is 8.72. The first-order valence-electron chi connectivity index (χ1n) is 11.8. The van der Waals surface area contributed by atoms with Gasteiger partial charge >= 0.3 is 5.97 Å². The summed E-state index contributed by atoms with van der Waals surface area (Å²) in [5.74, 6) is -0.951. The number of pyridine rings is 1. The van der Waals surface area contributed by atoms with E-state index in [4.69, 9.17) is 26.9 Å². The van der Waals surface area contributed by atoms with Gasteiger partial charge in [-0.15, -0.1) is 0 Å². The van der Waals surface area contributed by atoms with Crippen LogP contribution in [0.5, 0.6) is 0 Å². The third kappa shape index (κ3) is 4.49. The number of nitrogens with zero attached hydrogens (tertiary/aromatic N) is 5. The van der Waals surface area contributed by atoms with Crippen LogP contribution in [0, 0.1) is 11.3 Å². The van der Waals surface area contributed by atoms with Gasteiger partial charge in [-0.1, -0.05) is 48.9 Å². The highest BCUT2D eigenvalue weighted by molar-refractivity contribution is 6.30. The smallest absolute Gasteiger partial charge is 0.336 e. The van der Waals surface area contributed by atoms with Gasteiger partial charge in [-0.3, -0.25) is 9.58 Å². The fourth-order valence-corrected chi connectivity index (χ4v) is 4.82. The fourth-order valence-electron chi connectivity index (χ4n) is 4.69. The van der Waals surface area contributed by atoms with E-state index in [-0.39, 0.29) is 0 Å². The number of nitriles is 1. The Balaban J connectivity index is 1.72. The molecular weight excluding hydrogens is 474 g/mol. The van der Waals surface area contributed by atoms with Gasteiger partial charge < -0.3 is 5.11 Å². The molecule has 2 aromatic carbocycles. The van der Waals surface area contributed by atoms with Crippen LogP contribution in [0.3, 0.4) is 0 Å². The van der Waals surface area contributed by atoms with E-state index in [2.05, 4.69) is 17.9 Å². The highest BCUT2D eigenvalue weighted by atomic mass is 35.5. The number of benzene rings is 2. The van der Waals surface area contributed by atoms with Gasteiger partial charge in [0.1, 0.15) is 0 Å². The minimum Gasteiger partial charge on any atom is -0.478 e. The zero-order chi connectivity index (χ0) is 25.2. The maximum absolute atomic E-state index is 12.4. The molecule has 0 radical (unpaired) electrons. The van der Waals surface area contributed by atoms with E-state index in [0.717, 1.165) is 34.5 Å². The van der Waals surface area contributed by atoms with E-state index in [1.165, 1.54) is 0 Å². The van der Waals surface area contributed by atoms with Crippen molar-refractivity contribution >= 4 is 40.1 Å². The molecule has 180 valence electrons. The summed E-state index contributed by atoms with van der Waals surface area (Å²) >= 11 is 6.11. The Morgan fingerprint density at radius 1 is 1.17 bits per heavy atom. The molecule has 1 aliphatic rings. The van der Waals surface area contributed by atoms with Crippen molar-refractivity contribution in [2.45, 2.75) is 26.4 Å². The van der Waals surface area contributed by atoms with Gasteiger partial charge in [-0.2, -0.15) is 10.4 Å². The molecule has 8 heteroatoms. The average Bonchev–Trinajstić information content (AvgIpc) is 3.28. The maximum Gasteiger partial charge on any atom is 0.336 e. The van der Waals surface area contributed by atoms with Gasteiger partial charge in [0.2, 0.25) is 0 Å². The number of aromatic carboxylic acids is 1. The van der Waals surface area contributed by atoms with Gasteiger partial charge in [0.25, 0.3) is 0 Å². The molecule has 0 saturated heterocycles. The van der Waals surface area contributed by atoms with Gasteiger partial charge in [-0.05, 0) is 36.4 Å². The molecule has 0 aliphatic carbocycles. The molecule has 2 aromatic heterocycles. The van der Waals surface area contributed by atoms with Crippen LogP contribution in [-0.4, -0.2) is 43.8 Å². The van der Waals surface area contributed by atoms with Crippen LogP contribution in [-0.2, 0) is 13.1 Å². The van der Waals surface area contributed by atoms with Crippen LogP contribution in [0.2, 0.25) is 5.02 Å². The summed E-state index contributed by atoms with van der Waals surface area (Å²) in [5, 5.41) is 25.3. The molecule has 0 unspecified atom stereocenters. The number of hydrogen-bond acceptors (Lipinski definition) is 5. The van der Waals surface area contributed by atoms with Crippen molar-refractivity contribution < 1.29 is 9.90 Å². The Morgan fingerprint density at radius 2 is 1.94 bits per heavy atom. The molecule has 0 amide bonds. The van der Waals surface area contributed by atoms with Crippen LogP contribution in [0.15, 0.2) is 54.7 Å². The number of para-hydroxylation sites is 1. The number of aryl methyl sites for hydroxylation is 1. The normalized spacial score (nSPS) is 14.6. The Morgan fingerprint density at radius 3 is 2.67 bits per heavy atom. The third-order valence-corrected chi connectivity index (χ3v) is 6.68. The van der Waals surface area contributed by atoms with Crippen LogP contribution < -0.4 is 0 Å². The first-order chi connectivity index (χ1) is 17.5. The molecule has 3 heterocycles. The lowest BCUT2D eigenvalue weighted by atomic mass is 9.92. The van der Waals surface area contributed by atoms with Crippen molar-refractivity contribution in [3.05, 3.63) is 82.1 Å². The summed E-state index contributed by atoms with van der Waals surface area (Å²) in [6.07, 6.45) is 4.32. The van der Waals surface area contributed by atoms with Crippen LogP contribution in [0.25, 0.3) is 33.8 Å². The predicted octanol–water partition coefficient (Wildman–Crippen LogP) is 5.74. The molecule has 5 rings (SSSR count). The predicted molar refractivity (Wildman–Crippen MR) is 140 cm³/mol. The molecule has 0 saturated carbocycles. The zero-order valence-corrected chi connectivity index (χ0v) is 20.5. The van der Waals surface area contributed by atoms with Gasteiger partial charge in [0, 0.05) is 46.4 Å². The highest BCUT2D eigenvalue weighted by Crippen LogP contribution is 2.35. The van der Waals surface area contributed by atoms with Crippen molar-refractivity contribution in [1.82, 2.24) is 19.7 Å². The SMILES string of the molecule is CCN1C/C(=C/c2cn(CCC#N)nc2-c2ccc(Cl)cc2)c2nc3ccccc3c(C(=O)O)c2C1. The Hall–Kier alpha value is -3.99. The molecule has 1 aliphatic heterocycles. The lowest BCUT2D eigenvalue weighted by Crippen LogP contribution is -2.31. The molecule has 0 bridgehead atoms. The minimum atomic E-state index is -0.951. The number of likely N-dealkylation sites (N-methyl/N-ethyl adjacent to an activating group) is 1. The Labute approximate surface area is 213 Å².